The predicted molar refractivity (Wildman–Crippen MR) is 50.5 cm³/mol. The number of nitriles is 1. The van der Waals surface area contributed by atoms with Crippen LogP contribution in [0.15, 0.2) is 0 Å². The largest absolute Gasteiger partial charge is 0.378 e. The summed E-state index contributed by atoms with van der Waals surface area (Å²) in [6.07, 6.45) is 1.19. The molecule has 0 saturated carbocycles. The van der Waals surface area contributed by atoms with Crippen molar-refractivity contribution in [1.29, 1.82) is 5.26 Å². The first-order chi connectivity index (χ1) is 6.84. The molecule has 0 aromatic heterocycles. The van der Waals surface area contributed by atoms with Gasteiger partial charge in [0.25, 0.3) is 0 Å². The van der Waals surface area contributed by atoms with Crippen LogP contribution < -0.4 is 10.6 Å². The number of hydrogen-bond acceptors (Lipinski definition) is 4. The maximum absolute atomic E-state index is 11.4. The molecule has 1 heterocycles. The second-order valence-electron chi connectivity index (χ2n) is 3.13. The predicted octanol–water partition coefficient (Wildman–Crippen LogP) is -0.605. The van der Waals surface area contributed by atoms with E-state index in [-0.39, 0.29) is 11.9 Å². The topological polar surface area (TPSA) is 74.2 Å². The van der Waals surface area contributed by atoms with Crippen LogP contribution in [-0.2, 0) is 9.53 Å². The molecule has 1 atom stereocenters. The van der Waals surface area contributed by atoms with Gasteiger partial charge in [0.05, 0.1) is 19.3 Å². The number of unbranched alkanes of at least 4 members (excludes halogenated alkanes) is 1. The lowest BCUT2D eigenvalue weighted by atomic mass is 10.2. The van der Waals surface area contributed by atoms with Crippen LogP contribution >= 0.6 is 0 Å². The molecule has 1 fully saturated rings. The van der Waals surface area contributed by atoms with Gasteiger partial charge in [-0.05, 0) is 6.42 Å². The zero-order chi connectivity index (χ0) is 10.2. The first-order valence-electron chi connectivity index (χ1n) is 4.80. The minimum atomic E-state index is -0.231. The maximum atomic E-state index is 11.4. The van der Waals surface area contributed by atoms with Gasteiger partial charge in [-0.3, -0.25) is 4.79 Å². The van der Waals surface area contributed by atoms with Crippen LogP contribution in [0.2, 0.25) is 0 Å². The van der Waals surface area contributed by atoms with Gasteiger partial charge in [0.1, 0.15) is 6.04 Å². The van der Waals surface area contributed by atoms with Gasteiger partial charge in [-0.2, -0.15) is 5.26 Å². The molecule has 0 aromatic rings. The molecule has 78 valence electrons. The van der Waals surface area contributed by atoms with Crippen LogP contribution in [0.1, 0.15) is 12.8 Å². The normalized spacial score (nSPS) is 21.2. The molecule has 0 radical (unpaired) electrons. The number of amides is 1. The lowest BCUT2D eigenvalue weighted by Gasteiger charge is -2.22. The molecule has 1 aliphatic rings. The van der Waals surface area contributed by atoms with E-state index >= 15 is 0 Å². The van der Waals surface area contributed by atoms with Crippen molar-refractivity contribution in [3.05, 3.63) is 0 Å². The summed E-state index contributed by atoms with van der Waals surface area (Å²) in [5.74, 6) is -0.0392. The number of ether oxygens (including phenoxy) is 1. The minimum absolute atomic E-state index is 0.0392. The fraction of sp³-hybridized carbons (Fsp3) is 0.778. The number of rotatable bonds is 4. The van der Waals surface area contributed by atoms with E-state index in [4.69, 9.17) is 10.00 Å². The van der Waals surface area contributed by atoms with Crippen molar-refractivity contribution in [2.45, 2.75) is 18.9 Å². The van der Waals surface area contributed by atoms with Gasteiger partial charge in [-0.1, -0.05) is 0 Å². The Morgan fingerprint density at radius 3 is 3.21 bits per heavy atom. The molecule has 2 N–H and O–H groups in total. The van der Waals surface area contributed by atoms with E-state index < -0.39 is 0 Å². The Morgan fingerprint density at radius 1 is 1.71 bits per heavy atom. The van der Waals surface area contributed by atoms with Crippen LogP contribution in [0.4, 0.5) is 0 Å². The van der Waals surface area contributed by atoms with Crippen molar-refractivity contribution >= 4 is 5.91 Å². The number of carbonyl (C=O) groups excluding carboxylic acids is 1. The lowest BCUT2D eigenvalue weighted by molar-refractivity contribution is -0.125. The van der Waals surface area contributed by atoms with Crippen molar-refractivity contribution in [3.8, 4) is 6.07 Å². The summed E-state index contributed by atoms with van der Waals surface area (Å²) >= 11 is 0. The van der Waals surface area contributed by atoms with Crippen LogP contribution in [0, 0.1) is 11.3 Å². The highest BCUT2D eigenvalue weighted by atomic mass is 16.5. The molecule has 1 saturated heterocycles. The highest BCUT2D eigenvalue weighted by Crippen LogP contribution is 1.93. The first-order valence-corrected chi connectivity index (χ1v) is 4.80. The molecule has 0 spiro atoms. The summed E-state index contributed by atoms with van der Waals surface area (Å²) in [6.45, 7) is 2.38. The van der Waals surface area contributed by atoms with Crippen molar-refractivity contribution < 1.29 is 9.53 Å². The van der Waals surface area contributed by atoms with E-state index in [0.717, 1.165) is 6.54 Å². The van der Waals surface area contributed by atoms with Gasteiger partial charge in [0, 0.05) is 19.5 Å². The smallest absolute Gasteiger partial charge is 0.239 e. The SMILES string of the molecule is N#CCCCNC(=O)C1COCCN1. The second kappa shape index (κ2) is 6.35. The number of morpholine rings is 1. The number of carbonyl (C=O) groups is 1. The van der Waals surface area contributed by atoms with Crippen molar-refractivity contribution in [1.82, 2.24) is 10.6 Å². The quantitative estimate of drug-likeness (QED) is 0.590. The van der Waals surface area contributed by atoms with Gasteiger partial charge >= 0.3 is 0 Å². The molecular formula is C9H15N3O2. The van der Waals surface area contributed by atoms with Gasteiger partial charge < -0.3 is 15.4 Å². The molecule has 0 aliphatic carbocycles. The molecule has 0 aromatic carbocycles. The Balaban J connectivity index is 2.11. The average Bonchev–Trinajstić information content (AvgIpc) is 2.25. The molecule has 5 heteroatoms. The van der Waals surface area contributed by atoms with Crippen molar-refractivity contribution in [3.63, 3.8) is 0 Å². The summed E-state index contributed by atoms with van der Waals surface area (Å²) in [6, 6.07) is 1.80. The van der Waals surface area contributed by atoms with E-state index in [2.05, 4.69) is 10.6 Å². The van der Waals surface area contributed by atoms with E-state index in [0.29, 0.717) is 32.6 Å². The summed E-state index contributed by atoms with van der Waals surface area (Å²) in [4.78, 5) is 11.4. The van der Waals surface area contributed by atoms with E-state index in [1.807, 2.05) is 6.07 Å². The zero-order valence-corrected chi connectivity index (χ0v) is 8.08. The fourth-order valence-electron chi connectivity index (χ4n) is 1.24. The van der Waals surface area contributed by atoms with Crippen LogP contribution in [0.3, 0.4) is 0 Å². The molecule has 0 bridgehead atoms. The minimum Gasteiger partial charge on any atom is -0.378 e. The van der Waals surface area contributed by atoms with Crippen LogP contribution in [0.5, 0.6) is 0 Å². The third-order valence-electron chi connectivity index (χ3n) is 2.00. The van der Waals surface area contributed by atoms with Gasteiger partial charge in [0.2, 0.25) is 5.91 Å². The third kappa shape index (κ3) is 3.73. The Kier molecular flexibility index (Phi) is 4.97. The van der Waals surface area contributed by atoms with E-state index in [9.17, 15) is 4.79 Å². The Morgan fingerprint density at radius 2 is 2.57 bits per heavy atom. The number of nitrogens with zero attached hydrogens (tertiary/aromatic N) is 1. The Labute approximate surface area is 83.4 Å². The number of nitrogens with one attached hydrogen (secondary N) is 2. The highest BCUT2D eigenvalue weighted by Gasteiger charge is 2.20. The average molecular weight is 197 g/mol. The maximum Gasteiger partial charge on any atom is 0.239 e. The summed E-state index contributed by atoms with van der Waals surface area (Å²) < 4.78 is 5.16. The Bertz CT molecular complexity index is 219. The van der Waals surface area contributed by atoms with Gasteiger partial charge in [0.15, 0.2) is 0 Å². The summed E-state index contributed by atoms with van der Waals surface area (Å²) in [7, 11) is 0. The molecule has 1 rings (SSSR count). The zero-order valence-electron chi connectivity index (χ0n) is 8.08. The molecular weight excluding hydrogens is 182 g/mol. The van der Waals surface area contributed by atoms with E-state index in [1.54, 1.807) is 0 Å². The highest BCUT2D eigenvalue weighted by molar-refractivity contribution is 5.81. The van der Waals surface area contributed by atoms with Crippen molar-refractivity contribution in [2.24, 2.45) is 0 Å². The molecule has 1 aliphatic heterocycles. The first kappa shape index (κ1) is 11.0. The fourth-order valence-corrected chi connectivity index (χ4v) is 1.24. The monoisotopic (exact) mass is 197 g/mol. The van der Waals surface area contributed by atoms with Crippen LogP contribution in [-0.4, -0.2) is 38.3 Å². The molecule has 1 unspecified atom stereocenters. The van der Waals surface area contributed by atoms with E-state index in [1.165, 1.54) is 0 Å². The van der Waals surface area contributed by atoms with Crippen LogP contribution in [0.25, 0.3) is 0 Å². The third-order valence-corrected chi connectivity index (χ3v) is 2.00. The molecule has 1 amide bonds. The molecule has 14 heavy (non-hydrogen) atoms. The lowest BCUT2D eigenvalue weighted by Crippen LogP contribution is -2.51. The summed E-state index contributed by atoms with van der Waals surface area (Å²) in [5.41, 5.74) is 0. The van der Waals surface area contributed by atoms with Gasteiger partial charge in [-0.15, -0.1) is 0 Å². The Hall–Kier alpha value is -1.12. The number of hydrogen-bond donors (Lipinski definition) is 2. The van der Waals surface area contributed by atoms with Gasteiger partial charge in [-0.25, -0.2) is 0 Å². The second-order valence-corrected chi connectivity index (χ2v) is 3.13. The standard InChI is InChI=1S/C9H15N3O2/c10-3-1-2-4-12-9(13)8-7-14-6-5-11-8/h8,11H,1-2,4-7H2,(H,12,13). The van der Waals surface area contributed by atoms with Crippen molar-refractivity contribution in [2.75, 3.05) is 26.3 Å². The summed E-state index contributed by atoms with van der Waals surface area (Å²) in [5, 5.41) is 14.1. The molecule has 5 nitrogen and oxygen atoms in total.